The smallest absolute Gasteiger partial charge is 0.117 e. The van der Waals surface area contributed by atoms with Gasteiger partial charge in [-0.2, -0.15) is 0 Å². The van der Waals surface area contributed by atoms with Crippen molar-refractivity contribution in [2.75, 3.05) is 11.4 Å². The van der Waals surface area contributed by atoms with Gasteiger partial charge in [0.05, 0.1) is 0 Å². The molecule has 0 heterocycles. The molecular formula is C14H23NO. The molecule has 1 rings (SSSR count). The summed E-state index contributed by atoms with van der Waals surface area (Å²) in [5.74, 6) is 0.349. The largest absolute Gasteiger partial charge is 0.508 e. The molecule has 0 amide bonds. The van der Waals surface area contributed by atoms with Crippen molar-refractivity contribution in [1.29, 1.82) is 0 Å². The topological polar surface area (TPSA) is 23.5 Å². The highest BCUT2D eigenvalue weighted by molar-refractivity contribution is 5.51. The molecule has 0 aliphatic heterocycles. The first-order valence-electron chi connectivity index (χ1n) is 6.24. The Morgan fingerprint density at radius 2 is 2.06 bits per heavy atom. The Labute approximate surface area is 98.9 Å². The summed E-state index contributed by atoms with van der Waals surface area (Å²) in [6.45, 7) is 7.71. The summed E-state index contributed by atoms with van der Waals surface area (Å²) in [6.07, 6.45) is 3.52. The molecule has 1 unspecified atom stereocenters. The van der Waals surface area contributed by atoms with Crippen LogP contribution in [0.3, 0.4) is 0 Å². The molecule has 2 heteroatoms. The highest BCUT2D eigenvalue weighted by atomic mass is 16.3. The van der Waals surface area contributed by atoms with E-state index in [0.29, 0.717) is 11.8 Å². The van der Waals surface area contributed by atoms with Gasteiger partial charge in [0.2, 0.25) is 0 Å². The van der Waals surface area contributed by atoms with Crippen LogP contribution in [-0.2, 0) is 0 Å². The maximum atomic E-state index is 9.52. The van der Waals surface area contributed by atoms with Crippen LogP contribution in [0.15, 0.2) is 24.3 Å². The molecule has 1 atom stereocenters. The first kappa shape index (κ1) is 12.9. The van der Waals surface area contributed by atoms with Crippen molar-refractivity contribution in [3.05, 3.63) is 24.3 Å². The lowest BCUT2D eigenvalue weighted by Crippen LogP contribution is -2.33. The zero-order valence-electron chi connectivity index (χ0n) is 10.6. The number of phenols is 1. The average Bonchev–Trinajstić information content (AvgIpc) is 2.29. The third-order valence-corrected chi connectivity index (χ3v) is 3.04. The third-order valence-electron chi connectivity index (χ3n) is 3.04. The van der Waals surface area contributed by atoms with E-state index in [1.165, 1.54) is 12.8 Å². The van der Waals surface area contributed by atoms with Crippen LogP contribution in [0.4, 0.5) is 5.69 Å². The normalized spacial score (nSPS) is 12.4. The van der Waals surface area contributed by atoms with Crippen LogP contribution in [0, 0.1) is 0 Å². The highest BCUT2D eigenvalue weighted by Gasteiger charge is 2.12. The number of nitrogens with zero attached hydrogens (tertiary/aromatic N) is 1. The lowest BCUT2D eigenvalue weighted by molar-refractivity contribution is 0.474. The highest BCUT2D eigenvalue weighted by Crippen LogP contribution is 2.23. The number of hydrogen-bond acceptors (Lipinski definition) is 2. The first-order chi connectivity index (χ1) is 7.69. The molecule has 90 valence electrons. The Morgan fingerprint density at radius 3 is 2.62 bits per heavy atom. The van der Waals surface area contributed by atoms with Crippen LogP contribution in [0.25, 0.3) is 0 Å². The second-order valence-corrected chi connectivity index (χ2v) is 4.32. The Balaban J connectivity index is 2.82. The molecule has 0 fully saturated rings. The molecule has 0 radical (unpaired) electrons. The van der Waals surface area contributed by atoms with Crippen LogP contribution in [0.5, 0.6) is 5.75 Å². The first-order valence-corrected chi connectivity index (χ1v) is 6.24. The summed E-state index contributed by atoms with van der Waals surface area (Å²) in [7, 11) is 0. The molecule has 1 aromatic carbocycles. The fraction of sp³-hybridized carbons (Fsp3) is 0.571. The van der Waals surface area contributed by atoms with Gasteiger partial charge in [-0.15, -0.1) is 0 Å². The summed E-state index contributed by atoms with van der Waals surface area (Å²) in [5, 5.41) is 9.52. The monoisotopic (exact) mass is 221 g/mol. The lowest BCUT2D eigenvalue weighted by Gasteiger charge is -2.30. The van der Waals surface area contributed by atoms with E-state index >= 15 is 0 Å². The third kappa shape index (κ3) is 3.44. The minimum Gasteiger partial charge on any atom is -0.508 e. The van der Waals surface area contributed by atoms with E-state index in [9.17, 15) is 5.11 Å². The fourth-order valence-corrected chi connectivity index (χ4v) is 1.82. The van der Waals surface area contributed by atoms with Crippen molar-refractivity contribution in [3.63, 3.8) is 0 Å². The lowest BCUT2D eigenvalue weighted by atomic mass is 10.1. The van der Waals surface area contributed by atoms with Gasteiger partial charge in [-0.25, -0.2) is 0 Å². The Morgan fingerprint density at radius 1 is 1.31 bits per heavy atom. The van der Waals surface area contributed by atoms with Crippen LogP contribution in [0.2, 0.25) is 0 Å². The average molecular weight is 221 g/mol. The summed E-state index contributed by atoms with van der Waals surface area (Å²) in [6, 6.07) is 8.07. The van der Waals surface area contributed by atoms with Gasteiger partial charge in [0.25, 0.3) is 0 Å². The standard InChI is InChI=1S/C14H23NO/c1-4-6-10-15(12(3)5-2)13-8-7-9-14(16)11-13/h7-9,11-12,16H,4-6,10H2,1-3H3. The number of hydrogen-bond donors (Lipinski definition) is 1. The molecule has 2 nitrogen and oxygen atoms in total. The van der Waals surface area contributed by atoms with E-state index in [1.807, 2.05) is 12.1 Å². The van der Waals surface area contributed by atoms with Gasteiger partial charge < -0.3 is 10.0 Å². The molecule has 16 heavy (non-hydrogen) atoms. The SMILES string of the molecule is CCCCN(c1cccc(O)c1)C(C)CC. The molecule has 0 spiro atoms. The Bertz CT molecular complexity index is 311. The summed E-state index contributed by atoms with van der Waals surface area (Å²) < 4.78 is 0. The van der Waals surface area contributed by atoms with E-state index in [0.717, 1.165) is 18.7 Å². The van der Waals surface area contributed by atoms with Crippen LogP contribution >= 0.6 is 0 Å². The van der Waals surface area contributed by atoms with E-state index in [2.05, 4.69) is 31.7 Å². The van der Waals surface area contributed by atoms with Crippen molar-refractivity contribution >= 4 is 5.69 Å². The Hall–Kier alpha value is -1.18. The minimum atomic E-state index is 0.349. The zero-order chi connectivity index (χ0) is 12.0. The molecule has 0 aliphatic rings. The molecular weight excluding hydrogens is 198 g/mol. The van der Waals surface area contributed by atoms with Gasteiger partial charge in [0.15, 0.2) is 0 Å². The quantitative estimate of drug-likeness (QED) is 0.790. The molecule has 0 saturated heterocycles. The van der Waals surface area contributed by atoms with Crippen molar-refractivity contribution in [2.24, 2.45) is 0 Å². The van der Waals surface area contributed by atoms with Gasteiger partial charge in [0.1, 0.15) is 5.75 Å². The van der Waals surface area contributed by atoms with Crippen molar-refractivity contribution in [1.82, 2.24) is 0 Å². The van der Waals surface area contributed by atoms with Gasteiger partial charge in [-0.3, -0.25) is 0 Å². The number of unbranched alkanes of at least 4 members (excludes halogenated alkanes) is 1. The van der Waals surface area contributed by atoms with Crippen LogP contribution < -0.4 is 4.90 Å². The number of phenolic OH excluding ortho intramolecular Hbond substituents is 1. The number of benzene rings is 1. The van der Waals surface area contributed by atoms with E-state index in [1.54, 1.807) is 6.07 Å². The number of anilines is 1. The zero-order valence-corrected chi connectivity index (χ0v) is 10.6. The van der Waals surface area contributed by atoms with Crippen molar-refractivity contribution in [3.8, 4) is 5.75 Å². The number of rotatable bonds is 6. The van der Waals surface area contributed by atoms with E-state index in [4.69, 9.17) is 0 Å². The second kappa shape index (κ2) is 6.41. The van der Waals surface area contributed by atoms with E-state index < -0.39 is 0 Å². The van der Waals surface area contributed by atoms with Crippen molar-refractivity contribution < 1.29 is 5.11 Å². The van der Waals surface area contributed by atoms with Gasteiger partial charge >= 0.3 is 0 Å². The fourth-order valence-electron chi connectivity index (χ4n) is 1.82. The summed E-state index contributed by atoms with van der Waals surface area (Å²) >= 11 is 0. The van der Waals surface area contributed by atoms with Crippen LogP contribution in [-0.4, -0.2) is 17.7 Å². The predicted octanol–water partition coefficient (Wildman–Crippen LogP) is 3.80. The number of aromatic hydroxyl groups is 1. The van der Waals surface area contributed by atoms with E-state index in [-0.39, 0.29) is 0 Å². The van der Waals surface area contributed by atoms with Crippen LogP contribution in [0.1, 0.15) is 40.0 Å². The van der Waals surface area contributed by atoms with Gasteiger partial charge in [-0.05, 0) is 31.9 Å². The Kier molecular flexibility index (Phi) is 5.17. The van der Waals surface area contributed by atoms with Gasteiger partial charge in [-0.1, -0.05) is 26.3 Å². The minimum absolute atomic E-state index is 0.349. The maximum absolute atomic E-state index is 9.52. The molecule has 0 aromatic heterocycles. The molecule has 0 bridgehead atoms. The predicted molar refractivity (Wildman–Crippen MR) is 70.1 cm³/mol. The molecule has 1 N–H and O–H groups in total. The van der Waals surface area contributed by atoms with Gasteiger partial charge in [0, 0.05) is 24.3 Å². The second-order valence-electron chi connectivity index (χ2n) is 4.32. The molecule has 1 aromatic rings. The molecule has 0 saturated carbocycles. The van der Waals surface area contributed by atoms with Crippen molar-refractivity contribution in [2.45, 2.75) is 46.1 Å². The summed E-state index contributed by atoms with van der Waals surface area (Å²) in [4.78, 5) is 2.38. The summed E-state index contributed by atoms with van der Waals surface area (Å²) in [5.41, 5.74) is 1.13. The maximum Gasteiger partial charge on any atom is 0.117 e. The molecule has 0 aliphatic carbocycles.